The molecule has 98 valence electrons. The molecule has 2 aromatic carbocycles. The fourth-order valence-corrected chi connectivity index (χ4v) is 2.89. The van der Waals surface area contributed by atoms with Gasteiger partial charge in [-0.05, 0) is 47.5 Å². The van der Waals surface area contributed by atoms with Gasteiger partial charge in [0.15, 0.2) is 0 Å². The maximum atomic E-state index is 5.76. The highest BCUT2D eigenvalue weighted by Gasteiger charge is 2.15. The number of nitrogens with zero attached hydrogens (tertiary/aromatic N) is 1. The normalized spacial score (nSPS) is 14.9. The van der Waals surface area contributed by atoms with Crippen molar-refractivity contribution < 1.29 is 4.74 Å². The fraction of sp³-hybridized carbons (Fsp3) is 0.200. The first-order valence-electron chi connectivity index (χ1n) is 6.08. The lowest BCUT2D eigenvalue weighted by molar-refractivity contribution is 0.126. The molecule has 1 heterocycles. The SMILES string of the molecule is Brc1ccc(N2COCc3ccc(Br)cc3C2)cc1. The summed E-state index contributed by atoms with van der Waals surface area (Å²) in [7, 11) is 0. The summed E-state index contributed by atoms with van der Waals surface area (Å²) in [5, 5.41) is 0. The third kappa shape index (κ3) is 3.02. The van der Waals surface area contributed by atoms with Gasteiger partial charge in [-0.2, -0.15) is 0 Å². The molecule has 0 saturated carbocycles. The predicted octanol–water partition coefficient (Wildman–Crippen LogP) is 4.71. The van der Waals surface area contributed by atoms with Crippen LogP contribution in [0.3, 0.4) is 0 Å². The summed E-state index contributed by atoms with van der Waals surface area (Å²) in [6, 6.07) is 14.7. The Labute approximate surface area is 129 Å². The second-order valence-corrected chi connectivity index (χ2v) is 6.40. The summed E-state index contributed by atoms with van der Waals surface area (Å²) in [6.45, 7) is 2.17. The van der Waals surface area contributed by atoms with E-state index in [1.54, 1.807) is 0 Å². The van der Waals surface area contributed by atoms with E-state index in [0.29, 0.717) is 13.3 Å². The van der Waals surface area contributed by atoms with Crippen LogP contribution in [-0.2, 0) is 17.9 Å². The zero-order chi connectivity index (χ0) is 13.2. The number of ether oxygens (including phenoxy) is 1. The zero-order valence-corrected chi connectivity index (χ0v) is 13.4. The van der Waals surface area contributed by atoms with Crippen molar-refractivity contribution in [2.75, 3.05) is 11.6 Å². The second kappa shape index (κ2) is 5.65. The quantitative estimate of drug-likeness (QED) is 0.708. The minimum atomic E-state index is 0.619. The summed E-state index contributed by atoms with van der Waals surface area (Å²) in [5.74, 6) is 0. The Hall–Kier alpha value is -0.840. The van der Waals surface area contributed by atoms with Gasteiger partial charge in [0.1, 0.15) is 6.73 Å². The Morgan fingerprint density at radius 3 is 2.42 bits per heavy atom. The van der Waals surface area contributed by atoms with E-state index in [-0.39, 0.29) is 0 Å². The van der Waals surface area contributed by atoms with Crippen LogP contribution in [-0.4, -0.2) is 6.73 Å². The molecule has 0 spiro atoms. The van der Waals surface area contributed by atoms with Gasteiger partial charge < -0.3 is 9.64 Å². The van der Waals surface area contributed by atoms with Crippen LogP contribution in [0.1, 0.15) is 11.1 Å². The smallest absolute Gasteiger partial charge is 0.119 e. The van der Waals surface area contributed by atoms with Crippen molar-refractivity contribution in [2.45, 2.75) is 13.2 Å². The first kappa shape index (κ1) is 13.2. The largest absolute Gasteiger partial charge is 0.356 e. The van der Waals surface area contributed by atoms with E-state index in [9.17, 15) is 0 Å². The number of halogens is 2. The van der Waals surface area contributed by atoms with Crippen LogP contribution < -0.4 is 4.90 Å². The zero-order valence-electron chi connectivity index (χ0n) is 10.3. The average molecular weight is 383 g/mol. The van der Waals surface area contributed by atoms with Gasteiger partial charge in [-0.25, -0.2) is 0 Å². The highest BCUT2D eigenvalue weighted by molar-refractivity contribution is 9.10. The Bertz CT molecular complexity index is 583. The molecule has 0 N–H and O–H groups in total. The van der Waals surface area contributed by atoms with Gasteiger partial charge in [0.2, 0.25) is 0 Å². The molecule has 2 nitrogen and oxygen atoms in total. The molecule has 0 fully saturated rings. The maximum Gasteiger partial charge on any atom is 0.119 e. The van der Waals surface area contributed by atoms with Crippen molar-refractivity contribution in [3.8, 4) is 0 Å². The number of rotatable bonds is 1. The van der Waals surface area contributed by atoms with Crippen LogP contribution in [0, 0.1) is 0 Å². The third-order valence-corrected chi connectivity index (χ3v) is 4.25. The highest BCUT2D eigenvalue weighted by Crippen LogP contribution is 2.26. The number of hydrogen-bond donors (Lipinski definition) is 0. The number of fused-ring (bicyclic) bond motifs is 1. The Morgan fingerprint density at radius 1 is 0.895 bits per heavy atom. The summed E-state index contributed by atoms with van der Waals surface area (Å²) in [4.78, 5) is 2.24. The van der Waals surface area contributed by atoms with Gasteiger partial charge in [0.05, 0.1) is 6.61 Å². The van der Waals surface area contributed by atoms with Crippen LogP contribution in [0.2, 0.25) is 0 Å². The van der Waals surface area contributed by atoms with E-state index in [4.69, 9.17) is 4.74 Å². The number of benzene rings is 2. The standard InChI is InChI=1S/C15H13Br2NO/c16-13-3-5-15(6-4-13)18-8-12-7-14(17)2-1-11(12)9-19-10-18/h1-7H,8-10H2. The molecule has 0 bridgehead atoms. The predicted molar refractivity (Wildman–Crippen MR) is 84.1 cm³/mol. The lowest BCUT2D eigenvalue weighted by Crippen LogP contribution is -2.23. The molecule has 0 atom stereocenters. The van der Waals surface area contributed by atoms with Gasteiger partial charge >= 0.3 is 0 Å². The van der Waals surface area contributed by atoms with E-state index in [1.165, 1.54) is 16.8 Å². The van der Waals surface area contributed by atoms with Crippen LogP contribution in [0.25, 0.3) is 0 Å². The van der Waals surface area contributed by atoms with Crippen molar-refractivity contribution in [2.24, 2.45) is 0 Å². The average Bonchev–Trinajstić information content (AvgIpc) is 2.61. The van der Waals surface area contributed by atoms with Crippen molar-refractivity contribution >= 4 is 37.5 Å². The first-order chi connectivity index (χ1) is 9.22. The van der Waals surface area contributed by atoms with E-state index < -0.39 is 0 Å². The Kier molecular flexibility index (Phi) is 3.91. The molecule has 0 unspecified atom stereocenters. The monoisotopic (exact) mass is 381 g/mol. The van der Waals surface area contributed by atoms with Crippen LogP contribution in [0.15, 0.2) is 51.4 Å². The summed E-state index contributed by atoms with van der Waals surface area (Å²) in [5.41, 5.74) is 3.76. The van der Waals surface area contributed by atoms with Crippen LogP contribution in [0.5, 0.6) is 0 Å². The van der Waals surface area contributed by atoms with Gasteiger partial charge in [-0.1, -0.05) is 37.9 Å². The van der Waals surface area contributed by atoms with Gasteiger partial charge in [0, 0.05) is 21.2 Å². The molecule has 3 rings (SSSR count). The molecule has 19 heavy (non-hydrogen) atoms. The lowest BCUT2D eigenvalue weighted by Gasteiger charge is -2.22. The van der Waals surface area contributed by atoms with E-state index in [0.717, 1.165) is 15.5 Å². The molecule has 0 saturated heterocycles. The van der Waals surface area contributed by atoms with Crippen molar-refractivity contribution in [3.63, 3.8) is 0 Å². The Morgan fingerprint density at radius 2 is 1.63 bits per heavy atom. The van der Waals surface area contributed by atoms with Gasteiger partial charge in [-0.15, -0.1) is 0 Å². The topological polar surface area (TPSA) is 12.5 Å². The molecule has 0 amide bonds. The molecule has 1 aliphatic heterocycles. The third-order valence-electron chi connectivity index (χ3n) is 3.23. The number of anilines is 1. The Balaban J connectivity index is 1.91. The number of hydrogen-bond acceptors (Lipinski definition) is 2. The van der Waals surface area contributed by atoms with Crippen LogP contribution in [0.4, 0.5) is 5.69 Å². The fourth-order valence-electron chi connectivity index (χ4n) is 2.22. The molecular weight excluding hydrogens is 370 g/mol. The summed E-state index contributed by atoms with van der Waals surface area (Å²) >= 11 is 7.00. The molecule has 0 aromatic heterocycles. The van der Waals surface area contributed by atoms with E-state index >= 15 is 0 Å². The minimum Gasteiger partial charge on any atom is -0.356 e. The van der Waals surface area contributed by atoms with Crippen molar-refractivity contribution in [1.29, 1.82) is 0 Å². The van der Waals surface area contributed by atoms with Crippen molar-refractivity contribution in [3.05, 3.63) is 62.5 Å². The molecule has 0 radical (unpaired) electrons. The molecule has 1 aliphatic rings. The lowest BCUT2D eigenvalue weighted by atomic mass is 10.1. The van der Waals surface area contributed by atoms with E-state index in [1.807, 2.05) is 0 Å². The minimum absolute atomic E-state index is 0.619. The summed E-state index contributed by atoms with van der Waals surface area (Å²) in [6.07, 6.45) is 0. The van der Waals surface area contributed by atoms with E-state index in [2.05, 4.69) is 79.2 Å². The molecule has 4 heteroatoms. The van der Waals surface area contributed by atoms with Gasteiger partial charge in [-0.3, -0.25) is 0 Å². The van der Waals surface area contributed by atoms with Crippen molar-refractivity contribution in [1.82, 2.24) is 0 Å². The van der Waals surface area contributed by atoms with Crippen LogP contribution >= 0.6 is 31.9 Å². The molecule has 0 aliphatic carbocycles. The molecular formula is C15H13Br2NO. The van der Waals surface area contributed by atoms with Gasteiger partial charge in [0.25, 0.3) is 0 Å². The maximum absolute atomic E-state index is 5.76. The summed E-state index contributed by atoms with van der Waals surface area (Å²) < 4.78 is 7.96. The first-order valence-corrected chi connectivity index (χ1v) is 7.66. The molecule has 2 aromatic rings. The highest BCUT2D eigenvalue weighted by atomic mass is 79.9. The second-order valence-electron chi connectivity index (χ2n) is 4.56.